The largest absolute Gasteiger partial charge is 0.349 e. The minimum absolute atomic E-state index is 0.0800. The Morgan fingerprint density at radius 1 is 0.967 bits per heavy atom. The summed E-state index contributed by atoms with van der Waals surface area (Å²) in [7, 11) is 0. The summed E-state index contributed by atoms with van der Waals surface area (Å²) < 4.78 is 0. The zero-order valence-corrected chi connectivity index (χ0v) is 17.9. The van der Waals surface area contributed by atoms with E-state index in [4.69, 9.17) is 23.2 Å². The second kappa shape index (κ2) is 10.2. The Morgan fingerprint density at radius 2 is 1.60 bits per heavy atom. The highest BCUT2D eigenvalue weighted by Gasteiger charge is 2.23. The maximum absolute atomic E-state index is 13.4. The van der Waals surface area contributed by atoms with E-state index in [9.17, 15) is 9.59 Å². The molecule has 0 aliphatic rings. The predicted octanol–water partition coefficient (Wildman–Crippen LogP) is 5.19. The molecule has 30 heavy (non-hydrogen) atoms. The normalized spacial score (nSPS) is 11.6. The van der Waals surface area contributed by atoms with Crippen LogP contribution in [-0.2, 0) is 16.1 Å². The average molecular weight is 442 g/mol. The monoisotopic (exact) mass is 441 g/mol. The number of carbonyl (C=O) groups is 2. The lowest BCUT2D eigenvalue weighted by Crippen LogP contribution is -2.36. The zero-order chi connectivity index (χ0) is 21.5. The van der Waals surface area contributed by atoms with E-state index in [2.05, 4.69) is 10.3 Å². The molecule has 0 saturated carbocycles. The third kappa shape index (κ3) is 6.05. The van der Waals surface area contributed by atoms with Crippen LogP contribution >= 0.6 is 23.2 Å². The maximum Gasteiger partial charge on any atom is 0.229 e. The van der Waals surface area contributed by atoms with Gasteiger partial charge in [-0.2, -0.15) is 0 Å². The number of hydrogen-bond acceptors (Lipinski definition) is 3. The van der Waals surface area contributed by atoms with Crippen molar-refractivity contribution in [2.75, 3.05) is 4.90 Å². The third-order valence-electron chi connectivity index (χ3n) is 4.51. The van der Waals surface area contributed by atoms with Crippen molar-refractivity contribution in [3.63, 3.8) is 0 Å². The van der Waals surface area contributed by atoms with Crippen molar-refractivity contribution in [2.45, 2.75) is 25.9 Å². The molecule has 7 heteroatoms. The van der Waals surface area contributed by atoms with Gasteiger partial charge in [0.2, 0.25) is 11.8 Å². The van der Waals surface area contributed by atoms with E-state index < -0.39 is 6.04 Å². The van der Waals surface area contributed by atoms with Gasteiger partial charge in [0.25, 0.3) is 0 Å². The van der Waals surface area contributed by atoms with Gasteiger partial charge in [0.05, 0.1) is 24.7 Å². The molecule has 1 aromatic heterocycles. The van der Waals surface area contributed by atoms with Gasteiger partial charge in [0, 0.05) is 28.9 Å². The minimum atomic E-state index is -0.481. The topological polar surface area (TPSA) is 62.3 Å². The minimum Gasteiger partial charge on any atom is -0.349 e. The van der Waals surface area contributed by atoms with Crippen molar-refractivity contribution in [1.82, 2.24) is 10.3 Å². The number of carbonyl (C=O) groups excluding carboxylic acids is 2. The van der Waals surface area contributed by atoms with Crippen molar-refractivity contribution in [1.29, 1.82) is 0 Å². The van der Waals surface area contributed by atoms with Gasteiger partial charge >= 0.3 is 0 Å². The number of benzene rings is 2. The summed E-state index contributed by atoms with van der Waals surface area (Å²) in [5, 5.41) is 4.03. The first kappa shape index (κ1) is 21.8. The van der Waals surface area contributed by atoms with Crippen LogP contribution in [0.3, 0.4) is 0 Å². The van der Waals surface area contributed by atoms with Crippen molar-refractivity contribution in [3.05, 3.63) is 94.2 Å². The molecule has 0 saturated heterocycles. The highest BCUT2D eigenvalue weighted by molar-refractivity contribution is 6.30. The molecule has 154 valence electrons. The van der Waals surface area contributed by atoms with Crippen LogP contribution in [0.15, 0.2) is 72.9 Å². The lowest BCUT2D eigenvalue weighted by atomic mass is 10.0. The van der Waals surface area contributed by atoms with Crippen LogP contribution in [0.2, 0.25) is 10.0 Å². The molecule has 0 spiro atoms. The second-order valence-electron chi connectivity index (χ2n) is 6.79. The fourth-order valence-electron chi connectivity index (χ4n) is 3.08. The van der Waals surface area contributed by atoms with Gasteiger partial charge in [-0.15, -0.1) is 0 Å². The van der Waals surface area contributed by atoms with Crippen LogP contribution in [0.25, 0.3) is 0 Å². The molecular formula is C23H21Cl2N3O2. The van der Waals surface area contributed by atoms with E-state index in [0.29, 0.717) is 22.3 Å². The average Bonchev–Trinajstić information content (AvgIpc) is 2.73. The Hall–Kier alpha value is -2.89. The predicted molar refractivity (Wildman–Crippen MR) is 120 cm³/mol. The van der Waals surface area contributed by atoms with Gasteiger partial charge in [0.15, 0.2) is 0 Å². The molecule has 0 aliphatic carbocycles. The highest BCUT2D eigenvalue weighted by Crippen LogP contribution is 2.25. The number of amides is 2. The Labute approximate surface area is 185 Å². The van der Waals surface area contributed by atoms with Gasteiger partial charge in [-0.25, -0.2) is 0 Å². The van der Waals surface area contributed by atoms with Crippen LogP contribution in [0.4, 0.5) is 5.69 Å². The maximum atomic E-state index is 13.4. The standard InChI is InChI=1S/C23H21Cl2N3O2/c1-16(29)27-22(17-5-7-18(24)8-6-17)14-23(30)28(15-20-4-2-3-13-26-20)21-11-9-19(25)10-12-21/h2-13,22H,14-15H2,1H3,(H,27,29). The number of halogens is 2. The molecule has 0 fully saturated rings. The van der Waals surface area contributed by atoms with E-state index in [-0.39, 0.29) is 18.2 Å². The van der Waals surface area contributed by atoms with E-state index >= 15 is 0 Å². The van der Waals surface area contributed by atoms with Crippen molar-refractivity contribution in [2.24, 2.45) is 0 Å². The first-order valence-corrected chi connectivity index (χ1v) is 10.2. The van der Waals surface area contributed by atoms with Gasteiger partial charge < -0.3 is 10.2 Å². The number of nitrogens with zero attached hydrogens (tertiary/aromatic N) is 2. The van der Waals surface area contributed by atoms with Crippen molar-refractivity contribution < 1.29 is 9.59 Å². The van der Waals surface area contributed by atoms with Crippen LogP contribution < -0.4 is 10.2 Å². The van der Waals surface area contributed by atoms with E-state index in [1.165, 1.54) is 6.92 Å². The van der Waals surface area contributed by atoms with Crippen molar-refractivity contribution in [3.8, 4) is 0 Å². The molecule has 1 heterocycles. The molecule has 0 bridgehead atoms. The number of rotatable bonds is 7. The SMILES string of the molecule is CC(=O)NC(CC(=O)N(Cc1ccccn1)c1ccc(Cl)cc1)c1ccc(Cl)cc1. The van der Waals surface area contributed by atoms with Crippen LogP contribution in [0.5, 0.6) is 0 Å². The smallest absolute Gasteiger partial charge is 0.229 e. The first-order valence-electron chi connectivity index (χ1n) is 9.41. The molecule has 2 aromatic carbocycles. The summed E-state index contributed by atoms with van der Waals surface area (Å²) in [5.74, 6) is -0.373. The third-order valence-corrected chi connectivity index (χ3v) is 5.02. The molecule has 2 amide bonds. The number of nitrogens with one attached hydrogen (secondary N) is 1. The number of anilines is 1. The number of hydrogen-bond donors (Lipinski definition) is 1. The molecule has 1 atom stereocenters. The molecule has 3 aromatic rings. The fourth-order valence-corrected chi connectivity index (χ4v) is 3.33. The second-order valence-corrected chi connectivity index (χ2v) is 7.66. The molecular weight excluding hydrogens is 421 g/mol. The van der Waals surface area contributed by atoms with Gasteiger partial charge in [-0.1, -0.05) is 41.4 Å². The molecule has 0 radical (unpaired) electrons. The van der Waals surface area contributed by atoms with E-state index in [1.807, 2.05) is 30.3 Å². The summed E-state index contributed by atoms with van der Waals surface area (Å²) in [6.45, 7) is 1.73. The summed E-state index contributed by atoms with van der Waals surface area (Å²) >= 11 is 12.0. The first-order chi connectivity index (χ1) is 14.4. The molecule has 1 unspecified atom stereocenters. The molecule has 5 nitrogen and oxygen atoms in total. The van der Waals surface area contributed by atoms with E-state index in [1.54, 1.807) is 47.5 Å². The summed E-state index contributed by atoms with van der Waals surface area (Å²) in [5.41, 5.74) is 2.26. The quantitative estimate of drug-likeness (QED) is 0.548. The Kier molecular flexibility index (Phi) is 7.44. The highest BCUT2D eigenvalue weighted by atomic mass is 35.5. The van der Waals surface area contributed by atoms with E-state index in [0.717, 1.165) is 11.3 Å². The van der Waals surface area contributed by atoms with Gasteiger partial charge in [-0.3, -0.25) is 14.6 Å². The summed E-state index contributed by atoms with van der Waals surface area (Å²) in [6.07, 6.45) is 1.77. The lowest BCUT2D eigenvalue weighted by molar-refractivity contribution is -0.121. The molecule has 0 aliphatic heterocycles. The fraction of sp³-hybridized carbons (Fsp3) is 0.174. The zero-order valence-electron chi connectivity index (χ0n) is 16.4. The summed E-state index contributed by atoms with van der Waals surface area (Å²) in [4.78, 5) is 31.1. The molecule has 3 rings (SSSR count). The van der Waals surface area contributed by atoms with Gasteiger partial charge in [0.1, 0.15) is 0 Å². The number of aromatic nitrogens is 1. The lowest BCUT2D eigenvalue weighted by Gasteiger charge is -2.26. The Bertz CT molecular complexity index is 993. The van der Waals surface area contributed by atoms with Gasteiger partial charge in [-0.05, 0) is 54.1 Å². The Balaban J connectivity index is 1.88. The van der Waals surface area contributed by atoms with Crippen LogP contribution in [0, 0.1) is 0 Å². The molecule has 1 N–H and O–H groups in total. The Morgan fingerprint density at radius 3 is 2.17 bits per heavy atom. The van der Waals surface area contributed by atoms with Crippen LogP contribution in [0.1, 0.15) is 30.6 Å². The van der Waals surface area contributed by atoms with Crippen LogP contribution in [-0.4, -0.2) is 16.8 Å². The summed E-state index contributed by atoms with van der Waals surface area (Å²) in [6, 6.07) is 19.2. The number of pyridine rings is 1. The van der Waals surface area contributed by atoms with Crippen molar-refractivity contribution >= 4 is 40.7 Å².